The first kappa shape index (κ1) is 14.2. The van der Waals surface area contributed by atoms with Crippen LogP contribution in [0, 0.1) is 11.8 Å². The van der Waals surface area contributed by atoms with Gasteiger partial charge in [-0.25, -0.2) is 0 Å². The lowest BCUT2D eigenvalue weighted by Crippen LogP contribution is -2.40. The topological polar surface area (TPSA) is 35.5 Å². The van der Waals surface area contributed by atoms with Crippen LogP contribution in [-0.4, -0.2) is 24.8 Å². The van der Waals surface area contributed by atoms with E-state index >= 15 is 0 Å². The molecule has 3 nitrogen and oxygen atoms in total. The van der Waals surface area contributed by atoms with Gasteiger partial charge in [0.05, 0.1) is 25.2 Å². The highest BCUT2D eigenvalue weighted by atomic mass is 16.5. The van der Waals surface area contributed by atoms with E-state index in [2.05, 4.69) is 20.4 Å². The Labute approximate surface area is 104 Å². The molecule has 0 aromatic heterocycles. The number of hydrogen-bond donors (Lipinski definition) is 0. The van der Waals surface area contributed by atoms with Gasteiger partial charge in [-0.3, -0.25) is 4.79 Å². The lowest BCUT2D eigenvalue weighted by molar-refractivity contribution is -0.154. The average molecular weight is 240 g/mol. The van der Waals surface area contributed by atoms with Crippen molar-refractivity contribution in [2.24, 2.45) is 11.8 Å². The fourth-order valence-electron chi connectivity index (χ4n) is 2.38. The second-order valence-corrected chi connectivity index (χ2v) is 4.90. The van der Waals surface area contributed by atoms with E-state index in [9.17, 15) is 4.79 Å². The summed E-state index contributed by atoms with van der Waals surface area (Å²) in [6.07, 6.45) is 4.35. The third kappa shape index (κ3) is 4.15. The molecule has 0 aromatic carbocycles. The number of ether oxygens (including phenoxy) is 2. The van der Waals surface area contributed by atoms with E-state index in [1.54, 1.807) is 0 Å². The van der Waals surface area contributed by atoms with E-state index < -0.39 is 0 Å². The van der Waals surface area contributed by atoms with Crippen molar-refractivity contribution in [2.75, 3.05) is 6.61 Å². The second-order valence-electron chi connectivity index (χ2n) is 4.90. The zero-order valence-electron chi connectivity index (χ0n) is 11.1. The molecule has 1 aliphatic heterocycles. The number of esters is 1. The van der Waals surface area contributed by atoms with E-state index in [4.69, 9.17) is 9.47 Å². The standard InChI is InChI=1S/C14H24O3/c1-5-7-12-8-10(3)11(4)13(17-12)9-14(15)16-6-2/h5,10-13H,1,6-9H2,2-4H3/t10-,11+,12+,13-/m1/s1. The van der Waals surface area contributed by atoms with Gasteiger partial charge in [-0.15, -0.1) is 6.58 Å². The van der Waals surface area contributed by atoms with Crippen molar-refractivity contribution >= 4 is 5.97 Å². The third-order valence-corrected chi connectivity index (χ3v) is 3.59. The molecule has 4 atom stereocenters. The Morgan fingerprint density at radius 3 is 2.82 bits per heavy atom. The normalized spacial score (nSPS) is 33.1. The van der Waals surface area contributed by atoms with Gasteiger partial charge in [-0.1, -0.05) is 19.9 Å². The fraction of sp³-hybridized carbons (Fsp3) is 0.786. The van der Waals surface area contributed by atoms with Gasteiger partial charge in [0.1, 0.15) is 0 Å². The van der Waals surface area contributed by atoms with E-state index in [-0.39, 0.29) is 18.2 Å². The van der Waals surface area contributed by atoms with Crippen LogP contribution in [0.5, 0.6) is 0 Å². The Kier molecular flexibility index (Phi) is 5.69. The quantitative estimate of drug-likeness (QED) is 0.547. The van der Waals surface area contributed by atoms with Crippen molar-refractivity contribution in [3.63, 3.8) is 0 Å². The molecular weight excluding hydrogens is 216 g/mol. The van der Waals surface area contributed by atoms with Gasteiger partial charge in [-0.05, 0) is 31.6 Å². The summed E-state index contributed by atoms with van der Waals surface area (Å²) in [7, 11) is 0. The van der Waals surface area contributed by atoms with Gasteiger partial charge >= 0.3 is 5.97 Å². The van der Waals surface area contributed by atoms with Crippen molar-refractivity contribution in [2.45, 2.75) is 52.2 Å². The first-order valence-corrected chi connectivity index (χ1v) is 6.50. The maximum absolute atomic E-state index is 11.5. The molecule has 0 radical (unpaired) electrons. The van der Waals surface area contributed by atoms with Crippen LogP contribution >= 0.6 is 0 Å². The number of carbonyl (C=O) groups excluding carboxylic acids is 1. The highest BCUT2D eigenvalue weighted by molar-refractivity contribution is 5.70. The molecule has 0 amide bonds. The van der Waals surface area contributed by atoms with Crippen LogP contribution < -0.4 is 0 Å². The fourth-order valence-corrected chi connectivity index (χ4v) is 2.38. The first-order chi connectivity index (χ1) is 8.08. The van der Waals surface area contributed by atoms with Crippen molar-refractivity contribution in [3.8, 4) is 0 Å². The van der Waals surface area contributed by atoms with Crippen LogP contribution in [-0.2, 0) is 14.3 Å². The minimum atomic E-state index is -0.157. The largest absolute Gasteiger partial charge is 0.466 e. The van der Waals surface area contributed by atoms with Gasteiger partial charge in [0, 0.05) is 0 Å². The third-order valence-electron chi connectivity index (χ3n) is 3.59. The number of carbonyl (C=O) groups is 1. The molecule has 0 unspecified atom stereocenters. The van der Waals surface area contributed by atoms with Crippen LogP contribution in [0.3, 0.4) is 0 Å². The summed E-state index contributed by atoms with van der Waals surface area (Å²) in [5.41, 5.74) is 0. The van der Waals surface area contributed by atoms with Crippen molar-refractivity contribution < 1.29 is 14.3 Å². The van der Waals surface area contributed by atoms with Crippen LogP contribution in [0.25, 0.3) is 0 Å². The predicted molar refractivity (Wildman–Crippen MR) is 67.7 cm³/mol. The maximum Gasteiger partial charge on any atom is 0.308 e. The molecular formula is C14H24O3. The molecule has 1 rings (SSSR count). The Hall–Kier alpha value is -0.830. The number of hydrogen-bond acceptors (Lipinski definition) is 3. The summed E-state index contributed by atoms with van der Waals surface area (Å²) in [6, 6.07) is 0. The summed E-state index contributed by atoms with van der Waals surface area (Å²) in [5.74, 6) is 0.824. The summed E-state index contributed by atoms with van der Waals surface area (Å²) in [5, 5.41) is 0. The van der Waals surface area contributed by atoms with Gasteiger partial charge in [0.15, 0.2) is 0 Å². The van der Waals surface area contributed by atoms with Crippen molar-refractivity contribution in [3.05, 3.63) is 12.7 Å². The highest BCUT2D eigenvalue weighted by Gasteiger charge is 2.34. The van der Waals surface area contributed by atoms with Gasteiger partial charge in [-0.2, -0.15) is 0 Å². The zero-order chi connectivity index (χ0) is 12.8. The first-order valence-electron chi connectivity index (χ1n) is 6.50. The second kappa shape index (κ2) is 6.80. The molecule has 1 saturated heterocycles. The summed E-state index contributed by atoms with van der Waals surface area (Å²) in [4.78, 5) is 11.5. The Bertz CT molecular complexity index is 262. The minimum absolute atomic E-state index is 0.0113. The van der Waals surface area contributed by atoms with E-state index in [0.29, 0.717) is 24.9 Å². The lowest BCUT2D eigenvalue weighted by Gasteiger charge is -2.38. The zero-order valence-corrected chi connectivity index (χ0v) is 11.1. The molecule has 1 aliphatic rings. The molecule has 0 spiro atoms. The summed E-state index contributed by atoms with van der Waals surface area (Å²) in [6.45, 7) is 10.4. The molecule has 0 N–H and O–H groups in total. The molecule has 0 saturated carbocycles. The molecule has 0 aliphatic carbocycles. The van der Waals surface area contributed by atoms with Crippen molar-refractivity contribution in [1.82, 2.24) is 0 Å². The van der Waals surface area contributed by atoms with Gasteiger partial charge in [0.25, 0.3) is 0 Å². The summed E-state index contributed by atoms with van der Waals surface area (Å²) >= 11 is 0. The SMILES string of the molecule is C=CC[C@H]1C[C@@H](C)[C@H](C)[C@@H](CC(=O)OCC)O1. The molecule has 1 fully saturated rings. The number of rotatable bonds is 5. The van der Waals surface area contributed by atoms with E-state index in [0.717, 1.165) is 12.8 Å². The molecule has 0 bridgehead atoms. The predicted octanol–water partition coefficient (Wildman–Crippen LogP) is 2.95. The van der Waals surface area contributed by atoms with E-state index in [1.165, 1.54) is 0 Å². The van der Waals surface area contributed by atoms with Crippen LogP contribution in [0.15, 0.2) is 12.7 Å². The Morgan fingerprint density at radius 2 is 2.24 bits per heavy atom. The molecule has 1 heterocycles. The average Bonchev–Trinajstić information content (AvgIpc) is 2.26. The smallest absolute Gasteiger partial charge is 0.308 e. The van der Waals surface area contributed by atoms with Crippen molar-refractivity contribution in [1.29, 1.82) is 0 Å². The monoisotopic (exact) mass is 240 g/mol. The van der Waals surface area contributed by atoms with Crippen LogP contribution in [0.1, 0.15) is 40.0 Å². The molecule has 0 aromatic rings. The molecule has 17 heavy (non-hydrogen) atoms. The Morgan fingerprint density at radius 1 is 1.53 bits per heavy atom. The highest BCUT2D eigenvalue weighted by Crippen LogP contribution is 2.33. The Balaban J connectivity index is 2.55. The van der Waals surface area contributed by atoms with Crippen LogP contribution in [0.4, 0.5) is 0 Å². The maximum atomic E-state index is 11.5. The van der Waals surface area contributed by atoms with Crippen LogP contribution in [0.2, 0.25) is 0 Å². The minimum Gasteiger partial charge on any atom is -0.466 e. The van der Waals surface area contributed by atoms with Gasteiger partial charge < -0.3 is 9.47 Å². The van der Waals surface area contributed by atoms with Gasteiger partial charge in [0.2, 0.25) is 0 Å². The van der Waals surface area contributed by atoms with E-state index in [1.807, 2.05) is 13.0 Å². The lowest BCUT2D eigenvalue weighted by atomic mass is 9.82. The molecule has 98 valence electrons. The summed E-state index contributed by atoms with van der Waals surface area (Å²) < 4.78 is 10.9. The molecule has 3 heteroatoms.